The molecule has 2 N–H and O–H groups in total. The maximum absolute atomic E-state index is 12.6. The van der Waals surface area contributed by atoms with E-state index < -0.39 is 4.92 Å². The number of thioether (sulfide) groups is 1. The van der Waals surface area contributed by atoms with Crippen LogP contribution in [0, 0.1) is 10.1 Å². The van der Waals surface area contributed by atoms with E-state index in [0.29, 0.717) is 39.0 Å². The second kappa shape index (κ2) is 10.3. The van der Waals surface area contributed by atoms with Gasteiger partial charge in [-0.05, 0) is 42.5 Å². The van der Waals surface area contributed by atoms with Gasteiger partial charge in [0.25, 0.3) is 5.69 Å². The summed E-state index contributed by atoms with van der Waals surface area (Å²) >= 11 is 1.20. The van der Waals surface area contributed by atoms with Crippen molar-refractivity contribution in [2.75, 3.05) is 23.5 Å². The van der Waals surface area contributed by atoms with Gasteiger partial charge in [-0.2, -0.15) is 0 Å². The Balaban J connectivity index is 1.60. The van der Waals surface area contributed by atoms with Crippen molar-refractivity contribution < 1.29 is 19.2 Å². The normalized spacial score (nSPS) is 10.7. The Hall–Kier alpha value is -4.38. The number of non-ortho nitro benzene ring substituents is 1. The summed E-state index contributed by atoms with van der Waals surface area (Å²) < 4.78 is 7.32. The van der Waals surface area contributed by atoms with Gasteiger partial charge in [-0.1, -0.05) is 23.9 Å². The predicted octanol–water partition coefficient (Wildman–Crippen LogP) is 4.63. The summed E-state index contributed by atoms with van der Waals surface area (Å²) in [6, 6.07) is 18.6. The van der Waals surface area contributed by atoms with E-state index in [9.17, 15) is 19.7 Å². The quantitative estimate of drug-likeness (QED) is 0.209. The summed E-state index contributed by atoms with van der Waals surface area (Å²) in [5.41, 5.74) is 2.92. The number of methoxy groups -OCH3 is 1. The van der Waals surface area contributed by atoms with Crippen LogP contribution in [0.3, 0.4) is 0 Å². The third-order valence-electron chi connectivity index (χ3n) is 4.97. The molecule has 0 radical (unpaired) electrons. The summed E-state index contributed by atoms with van der Waals surface area (Å²) in [4.78, 5) is 39.1. The number of hydrogen-bond acceptors (Lipinski definition) is 7. The van der Waals surface area contributed by atoms with E-state index >= 15 is 0 Å². The van der Waals surface area contributed by atoms with Crippen LogP contribution in [0.2, 0.25) is 0 Å². The molecular formula is C24H21N5O5S. The van der Waals surface area contributed by atoms with Gasteiger partial charge in [0.15, 0.2) is 5.16 Å². The molecule has 35 heavy (non-hydrogen) atoms. The number of para-hydroxylation sites is 2. The summed E-state index contributed by atoms with van der Waals surface area (Å²) in [7, 11) is 1.56. The smallest absolute Gasteiger partial charge is 0.271 e. The zero-order valence-corrected chi connectivity index (χ0v) is 19.7. The number of fused-ring (bicyclic) bond motifs is 1. The molecule has 2 amide bonds. The van der Waals surface area contributed by atoms with Crippen LogP contribution < -0.4 is 15.4 Å². The highest BCUT2D eigenvalue weighted by molar-refractivity contribution is 7.99. The largest absolute Gasteiger partial charge is 0.495 e. The molecule has 0 atom stereocenters. The third kappa shape index (κ3) is 5.41. The van der Waals surface area contributed by atoms with Gasteiger partial charge in [-0.15, -0.1) is 0 Å². The molecule has 10 nitrogen and oxygen atoms in total. The van der Waals surface area contributed by atoms with E-state index in [-0.39, 0.29) is 23.3 Å². The molecule has 0 spiro atoms. The van der Waals surface area contributed by atoms with Gasteiger partial charge in [-0.25, -0.2) is 4.98 Å². The Labute approximate surface area is 204 Å². The highest BCUT2D eigenvalue weighted by Crippen LogP contribution is 2.33. The van der Waals surface area contributed by atoms with Gasteiger partial charge in [0, 0.05) is 30.4 Å². The predicted molar refractivity (Wildman–Crippen MR) is 134 cm³/mol. The minimum atomic E-state index is -0.473. The number of carbonyl (C=O) groups excluding carboxylic acids is 2. The van der Waals surface area contributed by atoms with Crippen molar-refractivity contribution in [2.24, 2.45) is 0 Å². The van der Waals surface area contributed by atoms with E-state index in [0.717, 1.165) is 0 Å². The molecule has 0 bridgehead atoms. The topological polar surface area (TPSA) is 128 Å². The molecule has 178 valence electrons. The molecule has 1 aromatic heterocycles. The molecule has 3 aromatic carbocycles. The van der Waals surface area contributed by atoms with Crippen LogP contribution >= 0.6 is 11.8 Å². The van der Waals surface area contributed by atoms with Crippen LogP contribution in [0.25, 0.3) is 16.7 Å². The molecule has 0 saturated carbocycles. The number of aromatic nitrogens is 2. The Morgan fingerprint density at radius 2 is 1.74 bits per heavy atom. The molecule has 0 aliphatic carbocycles. The second-order valence-electron chi connectivity index (χ2n) is 7.43. The van der Waals surface area contributed by atoms with Crippen LogP contribution in [0.5, 0.6) is 5.75 Å². The molecule has 0 saturated heterocycles. The average molecular weight is 492 g/mol. The number of amides is 2. The number of nitro groups is 1. The summed E-state index contributed by atoms with van der Waals surface area (Å²) in [6.45, 7) is 1.42. The van der Waals surface area contributed by atoms with E-state index in [1.165, 1.54) is 30.8 Å². The van der Waals surface area contributed by atoms with E-state index in [4.69, 9.17) is 4.74 Å². The van der Waals surface area contributed by atoms with E-state index in [1.54, 1.807) is 43.5 Å². The number of nitrogens with zero attached hydrogens (tertiary/aromatic N) is 3. The number of hydrogen-bond donors (Lipinski definition) is 2. The van der Waals surface area contributed by atoms with Gasteiger partial charge in [-0.3, -0.25) is 24.3 Å². The number of anilines is 2. The Bertz CT molecular complexity index is 1420. The Morgan fingerprint density at radius 1 is 1.06 bits per heavy atom. The fraction of sp³-hybridized carbons (Fsp3) is 0.125. The monoisotopic (exact) mass is 491 g/mol. The minimum absolute atomic E-state index is 0.0496. The number of nitrogens with one attached hydrogen (secondary N) is 2. The number of ether oxygens (including phenoxy) is 1. The van der Waals surface area contributed by atoms with Crippen LogP contribution in [0.15, 0.2) is 71.9 Å². The standard InChI is InChI=1S/C24H21N5O5S/c1-15(30)25-16-7-9-17(10-8-16)26-23(31)14-35-24-27-19-13-18(29(32)33)11-12-20(19)28(24)21-5-3-4-6-22(21)34-2/h3-13H,14H2,1-2H3,(H,25,30)(H,26,31). The summed E-state index contributed by atoms with van der Waals surface area (Å²) in [5, 5.41) is 17.2. The fourth-order valence-corrected chi connectivity index (χ4v) is 4.29. The highest BCUT2D eigenvalue weighted by Gasteiger charge is 2.19. The number of imidazole rings is 1. The maximum atomic E-state index is 12.6. The Morgan fingerprint density at radius 3 is 2.40 bits per heavy atom. The van der Waals surface area contributed by atoms with Crippen molar-refractivity contribution in [3.05, 3.63) is 76.8 Å². The summed E-state index contributed by atoms with van der Waals surface area (Å²) in [6.07, 6.45) is 0. The van der Waals surface area contributed by atoms with Crippen molar-refractivity contribution in [3.63, 3.8) is 0 Å². The molecule has 0 aliphatic heterocycles. The lowest BCUT2D eigenvalue weighted by molar-refractivity contribution is -0.384. The van der Waals surface area contributed by atoms with Crippen molar-refractivity contribution in [1.29, 1.82) is 0 Å². The van der Waals surface area contributed by atoms with Gasteiger partial charge in [0.05, 0.1) is 34.5 Å². The number of benzene rings is 3. The van der Waals surface area contributed by atoms with Gasteiger partial charge in [0.1, 0.15) is 5.75 Å². The van der Waals surface area contributed by atoms with Crippen molar-refractivity contribution >= 4 is 51.7 Å². The van der Waals surface area contributed by atoms with Crippen LogP contribution in [-0.2, 0) is 9.59 Å². The maximum Gasteiger partial charge on any atom is 0.271 e. The first-order chi connectivity index (χ1) is 16.9. The average Bonchev–Trinajstić information content (AvgIpc) is 3.21. The lowest BCUT2D eigenvalue weighted by Gasteiger charge is -2.13. The minimum Gasteiger partial charge on any atom is -0.495 e. The van der Waals surface area contributed by atoms with Gasteiger partial charge in [0.2, 0.25) is 11.8 Å². The first kappa shape index (κ1) is 23.8. The SMILES string of the molecule is COc1ccccc1-n1c(SCC(=O)Nc2ccc(NC(C)=O)cc2)nc2cc([N+](=O)[O-])ccc21. The molecule has 11 heteroatoms. The van der Waals surface area contributed by atoms with Crippen LogP contribution in [0.4, 0.5) is 17.1 Å². The molecule has 0 fully saturated rings. The molecule has 4 rings (SSSR count). The Kier molecular flexibility index (Phi) is 6.97. The highest BCUT2D eigenvalue weighted by atomic mass is 32.2. The van der Waals surface area contributed by atoms with E-state index in [1.807, 2.05) is 22.8 Å². The molecule has 0 aliphatic rings. The molecule has 0 unspecified atom stereocenters. The number of rotatable bonds is 8. The first-order valence-electron chi connectivity index (χ1n) is 10.5. The number of carbonyl (C=O) groups is 2. The van der Waals surface area contributed by atoms with Crippen LogP contribution in [-0.4, -0.2) is 39.2 Å². The van der Waals surface area contributed by atoms with Crippen LogP contribution in [0.1, 0.15) is 6.92 Å². The van der Waals surface area contributed by atoms with Gasteiger partial charge < -0.3 is 15.4 Å². The van der Waals surface area contributed by atoms with Gasteiger partial charge >= 0.3 is 0 Å². The lowest BCUT2D eigenvalue weighted by Crippen LogP contribution is -2.14. The zero-order valence-electron chi connectivity index (χ0n) is 18.8. The van der Waals surface area contributed by atoms with Crippen molar-refractivity contribution in [1.82, 2.24) is 9.55 Å². The zero-order chi connectivity index (χ0) is 24.9. The fourth-order valence-electron chi connectivity index (χ4n) is 3.47. The number of nitro benzene ring substituents is 1. The third-order valence-corrected chi connectivity index (χ3v) is 5.90. The molecular weight excluding hydrogens is 470 g/mol. The second-order valence-corrected chi connectivity index (χ2v) is 8.37. The van der Waals surface area contributed by atoms with E-state index in [2.05, 4.69) is 15.6 Å². The summed E-state index contributed by atoms with van der Waals surface area (Å²) in [5.74, 6) is 0.206. The van der Waals surface area contributed by atoms with Crippen molar-refractivity contribution in [3.8, 4) is 11.4 Å². The first-order valence-corrected chi connectivity index (χ1v) is 11.4. The van der Waals surface area contributed by atoms with Crippen molar-refractivity contribution in [2.45, 2.75) is 12.1 Å². The molecule has 4 aromatic rings. The lowest BCUT2D eigenvalue weighted by atomic mass is 10.2. The molecule has 1 heterocycles.